The van der Waals surface area contributed by atoms with Gasteiger partial charge in [-0.1, -0.05) is 60.7 Å². The lowest BCUT2D eigenvalue weighted by Gasteiger charge is -2.34. The summed E-state index contributed by atoms with van der Waals surface area (Å²) in [7, 11) is 5.98. The van der Waals surface area contributed by atoms with Gasteiger partial charge in [0.1, 0.15) is 23.0 Å². The molecule has 0 spiro atoms. The fourth-order valence-corrected chi connectivity index (χ4v) is 5.58. The van der Waals surface area contributed by atoms with Gasteiger partial charge >= 0.3 is 23.9 Å². The number of halogens is 9. The molecule has 5 rings (SSSR count). The molecule has 0 heterocycles. The summed E-state index contributed by atoms with van der Waals surface area (Å²) in [5.74, 6) is -17.6. The Labute approximate surface area is 316 Å². The van der Waals surface area contributed by atoms with Gasteiger partial charge in [-0.25, -0.2) is 0 Å². The van der Waals surface area contributed by atoms with Crippen molar-refractivity contribution in [1.82, 2.24) is 0 Å². The molecule has 0 saturated carbocycles. The maximum Gasteiger partial charge on any atom is 0.460 e. The van der Waals surface area contributed by atoms with Gasteiger partial charge in [0.25, 0.3) is 0 Å². The van der Waals surface area contributed by atoms with E-state index in [0.29, 0.717) is 68.5 Å². The van der Waals surface area contributed by atoms with E-state index in [1.807, 2.05) is 0 Å². The Hall–Kier alpha value is -6.05. The van der Waals surface area contributed by atoms with Crippen molar-refractivity contribution in [1.29, 1.82) is 0 Å². The molecule has 5 aromatic rings. The number of alkyl halides is 9. The van der Waals surface area contributed by atoms with E-state index in [4.69, 9.17) is 18.9 Å². The van der Waals surface area contributed by atoms with Gasteiger partial charge in [-0.2, -0.15) is 39.5 Å². The van der Waals surface area contributed by atoms with E-state index in [-0.39, 0.29) is 5.69 Å². The van der Waals surface area contributed by atoms with Crippen LogP contribution in [0.4, 0.5) is 45.2 Å². The summed E-state index contributed by atoms with van der Waals surface area (Å²) in [6.07, 6.45) is -3.71. The molecule has 14 heteroatoms. The van der Waals surface area contributed by atoms with Crippen molar-refractivity contribution >= 4 is 16.8 Å². The summed E-state index contributed by atoms with van der Waals surface area (Å²) < 4.78 is 147. The summed E-state index contributed by atoms with van der Waals surface area (Å²) >= 11 is 0. The van der Waals surface area contributed by atoms with Crippen molar-refractivity contribution in [3.8, 4) is 23.0 Å². The number of hydrogen-bond donors (Lipinski definition) is 0. The minimum absolute atomic E-state index is 0.0366. The van der Waals surface area contributed by atoms with Crippen molar-refractivity contribution in [2.24, 2.45) is 0 Å². The van der Waals surface area contributed by atoms with E-state index in [1.165, 1.54) is 33.3 Å². The average molecular weight is 788 g/mol. The van der Waals surface area contributed by atoms with Crippen LogP contribution in [0.15, 0.2) is 134 Å². The summed E-state index contributed by atoms with van der Waals surface area (Å²) in [4.78, 5) is 1.48. The van der Waals surface area contributed by atoms with Crippen LogP contribution < -0.4 is 23.8 Å². The molecule has 0 N–H and O–H groups in total. The summed E-state index contributed by atoms with van der Waals surface area (Å²) in [6, 6.07) is 30.4. The molecule has 0 fully saturated rings. The number of hydrogen-bond acceptors (Lipinski definition) is 5. The van der Waals surface area contributed by atoms with E-state index in [1.54, 1.807) is 109 Å². The average Bonchev–Trinajstić information content (AvgIpc) is 3.21. The maximum absolute atomic E-state index is 15.0. The van der Waals surface area contributed by atoms with Gasteiger partial charge in [0.05, 0.1) is 28.4 Å². The first-order valence-corrected chi connectivity index (χ1v) is 16.6. The Kier molecular flexibility index (Phi) is 12.0. The minimum atomic E-state index is -7.04. The molecule has 5 nitrogen and oxygen atoms in total. The Morgan fingerprint density at radius 2 is 0.696 bits per heavy atom. The zero-order chi connectivity index (χ0) is 40.9. The first-order valence-electron chi connectivity index (χ1n) is 16.6. The molecular weight excluding hydrogens is 753 g/mol. The molecule has 0 amide bonds. The van der Waals surface area contributed by atoms with E-state index >= 15 is 8.78 Å². The summed E-state index contributed by atoms with van der Waals surface area (Å²) in [5.41, 5.74) is 1.92. The highest BCUT2D eigenvalue weighted by molar-refractivity contribution is 5.86. The van der Waals surface area contributed by atoms with Gasteiger partial charge in [-0.15, -0.1) is 0 Å². The number of methoxy groups -OCH3 is 4. The van der Waals surface area contributed by atoms with Crippen molar-refractivity contribution in [3.05, 3.63) is 162 Å². The minimum Gasteiger partial charge on any atom is -0.497 e. The smallest absolute Gasteiger partial charge is 0.460 e. The van der Waals surface area contributed by atoms with Crippen LogP contribution in [0.5, 0.6) is 23.0 Å². The number of benzene rings is 5. The molecule has 0 unspecified atom stereocenters. The highest BCUT2D eigenvalue weighted by Crippen LogP contribution is 2.56. The number of anilines is 1. The first-order chi connectivity index (χ1) is 26.5. The fraction of sp³-hybridized carbons (Fsp3) is 0.190. The molecule has 56 heavy (non-hydrogen) atoms. The van der Waals surface area contributed by atoms with Crippen LogP contribution in [0.25, 0.3) is 11.1 Å². The summed E-state index contributed by atoms with van der Waals surface area (Å²) in [5, 5.41) is 0. The van der Waals surface area contributed by atoms with Crippen LogP contribution in [-0.4, -0.2) is 46.5 Å². The Bertz CT molecular complexity index is 1920. The highest BCUT2D eigenvalue weighted by atomic mass is 19.4. The molecule has 0 aliphatic rings. The maximum atomic E-state index is 15.0. The second kappa shape index (κ2) is 16.4. The fourth-order valence-electron chi connectivity index (χ4n) is 5.58. The third-order valence-electron chi connectivity index (χ3n) is 8.81. The van der Waals surface area contributed by atoms with Crippen LogP contribution >= 0.6 is 0 Å². The number of ether oxygens (including phenoxy) is 4. The standard InChI is InChI=1S/C42H34F9NO4/c1-53-33-17-5-27(6-18-33)37(28-7-19-34(54-2)20-8-28)25-52(26-38(29-9-21-35(55-3)22-10-29)30-11-23-36(56-4)24-12-30)32-15-13-31(14-16-32)39(43,44)40(45,46)41(47,48)42(49,50)51/h5-26H,1-4H3. The van der Waals surface area contributed by atoms with Gasteiger partial charge in [-0.3, -0.25) is 0 Å². The quantitative estimate of drug-likeness (QED) is 0.105. The zero-order valence-corrected chi connectivity index (χ0v) is 30.2. The molecule has 0 radical (unpaired) electrons. The highest BCUT2D eigenvalue weighted by Gasteiger charge is 2.82. The third-order valence-corrected chi connectivity index (χ3v) is 8.81. The van der Waals surface area contributed by atoms with Crippen LogP contribution in [0.1, 0.15) is 27.8 Å². The van der Waals surface area contributed by atoms with Crippen molar-refractivity contribution in [3.63, 3.8) is 0 Å². The topological polar surface area (TPSA) is 40.2 Å². The van der Waals surface area contributed by atoms with Crippen LogP contribution in [0.3, 0.4) is 0 Å². The van der Waals surface area contributed by atoms with Gasteiger partial charge in [-0.05, 0) is 82.9 Å². The number of nitrogens with zero attached hydrogens (tertiary/aromatic N) is 1. The van der Waals surface area contributed by atoms with E-state index < -0.39 is 29.5 Å². The monoisotopic (exact) mass is 787 g/mol. The van der Waals surface area contributed by atoms with Crippen molar-refractivity contribution in [2.75, 3.05) is 33.3 Å². The molecule has 0 saturated heterocycles. The van der Waals surface area contributed by atoms with Gasteiger partial charge in [0, 0.05) is 34.8 Å². The van der Waals surface area contributed by atoms with Gasteiger partial charge in [0.15, 0.2) is 0 Å². The van der Waals surface area contributed by atoms with Crippen LogP contribution in [0, 0.1) is 0 Å². The summed E-state index contributed by atoms with van der Waals surface area (Å²) in [6.45, 7) is 0. The lowest BCUT2D eigenvalue weighted by molar-refractivity contribution is -0.399. The Morgan fingerprint density at radius 3 is 0.946 bits per heavy atom. The third kappa shape index (κ3) is 8.28. The first kappa shape index (κ1) is 41.1. The predicted molar refractivity (Wildman–Crippen MR) is 195 cm³/mol. The molecule has 0 aliphatic carbocycles. The van der Waals surface area contributed by atoms with Gasteiger partial charge in [0.2, 0.25) is 0 Å². The Morgan fingerprint density at radius 1 is 0.411 bits per heavy atom. The normalized spacial score (nSPS) is 12.0. The van der Waals surface area contributed by atoms with Crippen LogP contribution in [-0.2, 0) is 5.92 Å². The van der Waals surface area contributed by atoms with E-state index in [0.717, 1.165) is 12.1 Å². The molecule has 5 aromatic carbocycles. The molecule has 0 aromatic heterocycles. The lowest BCUT2D eigenvalue weighted by Crippen LogP contribution is -2.59. The molecule has 0 bridgehead atoms. The van der Waals surface area contributed by atoms with Crippen molar-refractivity contribution in [2.45, 2.75) is 23.9 Å². The van der Waals surface area contributed by atoms with Crippen molar-refractivity contribution < 1.29 is 58.5 Å². The van der Waals surface area contributed by atoms with E-state index in [9.17, 15) is 30.7 Å². The lowest BCUT2D eigenvalue weighted by atomic mass is 9.95. The molecule has 0 atom stereocenters. The predicted octanol–water partition coefficient (Wildman–Crippen LogP) is 11.6. The Balaban J connectivity index is 1.77. The second-order valence-corrected chi connectivity index (χ2v) is 12.2. The molecule has 0 aliphatic heterocycles. The van der Waals surface area contributed by atoms with Gasteiger partial charge < -0.3 is 23.8 Å². The molecule has 294 valence electrons. The van der Waals surface area contributed by atoms with E-state index in [2.05, 4.69) is 0 Å². The SMILES string of the molecule is COc1ccc(C(=CN(C=C(c2ccc(OC)cc2)c2ccc(OC)cc2)c2ccc(C(F)(F)C(F)(F)C(F)(F)C(F)(F)F)cc2)c2ccc(OC)cc2)cc1. The largest absolute Gasteiger partial charge is 0.497 e. The second-order valence-electron chi connectivity index (χ2n) is 12.2. The van der Waals surface area contributed by atoms with Crippen LogP contribution in [0.2, 0.25) is 0 Å². The zero-order valence-electron chi connectivity index (χ0n) is 30.2. The molecular formula is C42H34F9NO4. The number of rotatable bonds is 14.